The van der Waals surface area contributed by atoms with Crippen molar-refractivity contribution < 1.29 is 9.53 Å². The molecule has 0 aromatic rings. The summed E-state index contributed by atoms with van der Waals surface area (Å²) < 4.78 is 4.57. The Labute approximate surface area is 91.5 Å². The summed E-state index contributed by atoms with van der Waals surface area (Å²) >= 11 is 0. The Bertz CT molecular complexity index is 197. The van der Waals surface area contributed by atoms with Crippen molar-refractivity contribution in [2.75, 3.05) is 13.7 Å². The maximum absolute atomic E-state index is 10.8. The summed E-state index contributed by atoms with van der Waals surface area (Å²) in [5.74, 6) is -0.128. The first-order chi connectivity index (χ1) is 7.22. The van der Waals surface area contributed by atoms with E-state index in [4.69, 9.17) is 5.73 Å². The van der Waals surface area contributed by atoms with Gasteiger partial charge in [-0.25, -0.2) is 0 Å². The minimum Gasteiger partial charge on any atom is -0.469 e. The summed E-state index contributed by atoms with van der Waals surface area (Å²) in [5, 5.41) is 3.44. The molecule has 1 saturated carbocycles. The van der Waals surface area contributed by atoms with Gasteiger partial charge in [0.2, 0.25) is 0 Å². The minimum absolute atomic E-state index is 0.128. The second-order valence-electron chi connectivity index (χ2n) is 4.26. The van der Waals surface area contributed by atoms with Crippen molar-refractivity contribution in [3.8, 4) is 0 Å². The Hall–Kier alpha value is -0.610. The van der Waals surface area contributed by atoms with Crippen LogP contribution in [0.3, 0.4) is 0 Å². The molecule has 1 aliphatic carbocycles. The monoisotopic (exact) mass is 214 g/mol. The Morgan fingerprint density at radius 3 is 3.00 bits per heavy atom. The predicted octanol–water partition coefficient (Wildman–Crippen LogP) is 0.799. The third-order valence-corrected chi connectivity index (χ3v) is 2.93. The van der Waals surface area contributed by atoms with Crippen molar-refractivity contribution in [3.05, 3.63) is 0 Å². The van der Waals surface area contributed by atoms with Gasteiger partial charge in [0, 0.05) is 18.5 Å². The molecule has 4 nitrogen and oxygen atoms in total. The van der Waals surface area contributed by atoms with Crippen LogP contribution >= 0.6 is 0 Å². The zero-order chi connectivity index (χ0) is 11.1. The standard InChI is InChI=1S/C11H22N2O2/c1-15-11(14)6-3-7-13-10-5-2-4-9(12)8-10/h9-10,13H,2-8,12H2,1H3. The van der Waals surface area contributed by atoms with E-state index in [-0.39, 0.29) is 5.97 Å². The van der Waals surface area contributed by atoms with Gasteiger partial charge < -0.3 is 15.8 Å². The SMILES string of the molecule is COC(=O)CCCNC1CCCC(N)C1. The fourth-order valence-electron chi connectivity index (χ4n) is 2.05. The Balaban J connectivity index is 2.02. The van der Waals surface area contributed by atoms with Gasteiger partial charge in [-0.05, 0) is 32.2 Å². The van der Waals surface area contributed by atoms with Gasteiger partial charge in [0.1, 0.15) is 0 Å². The van der Waals surface area contributed by atoms with Gasteiger partial charge in [0.15, 0.2) is 0 Å². The molecule has 2 atom stereocenters. The van der Waals surface area contributed by atoms with E-state index >= 15 is 0 Å². The Morgan fingerprint density at radius 2 is 2.33 bits per heavy atom. The van der Waals surface area contributed by atoms with E-state index in [9.17, 15) is 4.79 Å². The topological polar surface area (TPSA) is 64.3 Å². The third-order valence-electron chi connectivity index (χ3n) is 2.93. The molecule has 0 aromatic carbocycles. The van der Waals surface area contributed by atoms with E-state index in [0.717, 1.165) is 25.8 Å². The van der Waals surface area contributed by atoms with Crippen LogP contribution in [0.15, 0.2) is 0 Å². The molecule has 0 amide bonds. The molecule has 0 radical (unpaired) electrons. The van der Waals surface area contributed by atoms with E-state index in [0.29, 0.717) is 18.5 Å². The normalized spacial score (nSPS) is 26.3. The molecule has 88 valence electrons. The van der Waals surface area contributed by atoms with Gasteiger partial charge in [-0.15, -0.1) is 0 Å². The lowest BCUT2D eigenvalue weighted by Gasteiger charge is -2.27. The van der Waals surface area contributed by atoms with E-state index in [2.05, 4.69) is 10.1 Å². The quantitative estimate of drug-likeness (QED) is 0.525. The molecule has 0 saturated heterocycles. The maximum Gasteiger partial charge on any atom is 0.305 e. The molecule has 1 aliphatic rings. The van der Waals surface area contributed by atoms with Crippen molar-refractivity contribution in [3.63, 3.8) is 0 Å². The van der Waals surface area contributed by atoms with Crippen molar-refractivity contribution in [2.45, 2.75) is 50.6 Å². The fourth-order valence-corrected chi connectivity index (χ4v) is 2.05. The number of rotatable bonds is 5. The molecule has 4 heteroatoms. The first kappa shape index (κ1) is 12.5. The number of carbonyl (C=O) groups excluding carboxylic acids is 1. The molecule has 0 heterocycles. The minimum atomic E-state index is -0.128. The number of hydrogen-bond acceptors (Lipinski definition) is 4. The lowest BCUT2D eigenvalue weighted by atomic mass is 9.91. The number of ether oxygens (including phenoxy) is 1. The van der Waals surface area contributed by atoms with Crippen LogP contribution in [0.4, 0.5) is 0 Å². The highest BCUT2D eigenvalue weighted by molar-refractivity contribution is 5.69. The average Bonchev–Trinajstić information content (AvgIpc) is 2.24. The molecule has 0 bridgehead atoms. The van der Waals surface area contributed by atoms with E-state index in [1.807, 2.05) is 0 Å². The van der Waals surface area contributed by atoms with Gasteiger partial charge in [-0.2, -0.15) is 0 Å². The van der Waals surface area contributed by atoms with Crippen LogP contribution in [0.2, 0.25) is 0 Å². The first-order valence-electron chi connectivity index (χ1n) is 5.78. The highest BCUT2D eigenvalue weighted by atomic mass is 16.5. The van der Waals surface area contributed by atoms with Crippen LogP contribution in [-0.2, 0) is 9.53 Å². The van der Waals surface area contributed by atoms with E-state index in [1.54, 1.807) is 0 Å². The van der Waals surface area contributed by atoms with Crippen molar-refractivity contribution >= 4 is 5.97 Å². The maximum atomic E-state index is 10.8. The number of esters is 1. The van der Waals surface area contributed by atoms with Crippen LogP contribution in [-0.4, -0.2) is 31.7 Å². The van der Waals surface area contributed by atoms with Crippen molar-refractivity contribution in [2.24, 2.45) is 5.73 Å². The van der Waals surface area contributed by atoms with Gasteiger partial charge in [-0.3, -0.25) is 4.79 Å². The van der Waals surface area contributed by atoms with Crippen molar-refractivity contribution in [1.82, 2.24) is 5.32 Å². The molecular weight excluding hydrogens is 192 g/mol. The lowest BCUT2D eigenvalue weighted by Crippen LogP contribution is -2.39. The van der Waals surface area contributed by atoms with Gasteiger partial charge in [0.05, 0.1) is 7.11 Å². The molecule has 15 heavy (non-hydrogen) atoms. The summed E-state index contributed by atoms with van der Waals surface area (Å²) in [6.45, 7) is 0.881. The zero-order valence-corrected chi connectivity index (χ0v) is 9.50. The van der Waals surface area contributed by atoms with E-state index < -0.39 is 0 Å². The van der Waals surface area contributed by atoms with Crippen LogP contribution in [0.5, 0.6) is 0 Å². The molecule has 1 fully saturated rings. The molecular formula is C11H22N2O2. The van der Waals surface area contributed by atoms with E-state index in [1.165, 1.54) is 20.0 Å². The smallest absolute Gasteiger partial charge is 0.305 e. The number of nitrogens with two attached hydrogens (primary N) is 1. The summed E-state index contributed by atoms with van der Waals surface area (Å²) in [5.41, 5.74) is 5.89. The van der Waals surface area contributed by atoms with Gasteiger partial charge in [-0.1, -0.05) is 6.42 Å². The molecule has 1 rings (SSSR count). The number of carbonyl (C=O) groups is 1. The first-order valence-corrected chi connectivity index (χ1v) is 5.78. The lowest BCUT2D eigenvalue weighted by molar-refractivity contribution is -0.140. The summed E-state index contributed by atoms with van der Waals surface area (Å²) in [6, 6.07) is 0.906. The fraction of sp³-hybridized carbons (Fsp3) is 0.909. The average molecular weight is 214 g/mol. The molecule has 0 aromatic heterocycles. The summed E-state index contributed by atoms with van der Waals surface area (Å²) in [7, 11) is 1.43. The molecule has 0 aliphatic heterocycles. The van der Waals surface area contributed by atoms with Crippen LogP contribution in [0.1, 0.15) is 38.5 Å². The molecule has 0 spiro atoms. The van der Waals surface area contributed by atoms with Gasteiger partial charge >= 0.3 is 5.97 Å². The second kappa shape index (κ2) is 6.80. The number of nitrogens with one attached hydrogen (secondary N) is 1. The van der Waals surface area contributed by atoms with Crippen molar-refractivity contribution in [1.29, 1.82) is 0 Å². The molecule has 3 N–H and O–H groups in total. The zero-order valence-electron chi connectivity index (χ0n) is 9.50. The van der Waals surface area contributed by atoms with Crippen LogP contribution < -0.4 is 11.1 Å². The third kappa shape index (κ3) is 5.14. The highest BCUT2D eigenvalue weighted by Crippen LogP contribution is 2.16. The second-order valence-corrected chi connectivity index (χ2v) is 4.26. The van der Waals surface area contributed by atoms with Gasteiger partial charge in [0.25, 0.3) is 0 Å². The Morgan fingerprint density at radius 1 is 1.53 bits per heavy atom. The summed E-state index contributed by atoms with van der Waals surface area (Å²) in [6.07, 6.45) is 6.00. The number of methoxy groups -OCH3 is 1. The molecule has 2 unspecified atom stereocenters. The Kier molecular flexibility index (Phi) is 5.65. The highest BCUT2D eigenvalue weighted by Gasteiger charge is 2.18. The van der Waals surface area contributed by atoms with Crippen LogP contribution in [0, 0.1) is 0 Å². The predicted molar refractivity (Wildman–Crippen MR) is 59.5 cm³/mol. The van der Waals surface area contributed by atoms with Crippen LogP contribution in [0.25, 0.3) is 0 Å². The largest absolute Gasteiger partial charge is 0.469 e. The number of hydrogen-bond donors (Lipinski definition) is 2. The summed E-state index contributed by atoms with van der Waals surface area (Å²) in [4.78, 5) is 10.8.